The van der Waals surface area contributed by atoms with Gasteiger partial charge in [0.05, 0.1) is 0 Å². The molecule has 2 heteroatoms. The van der Waals surface area contributed by atoms with E-state index in [2.05, 4.69) is 35.6 Å². The number of nitrogens with two attached hydrogens (primary N) is 1. The quantitative estimate of drug-likeness (QED) is 0.242. The monoisotopic (exact) mass is 374 g/mol. The van der Waals surface area contributed by atoms with Crippen molar-refractivity contribution in [2.24, 2.45) is 5.73 Å². The van der Waals surface area contributed by atoms with Gasteiger partial charge in [-0.1, -0.05) is 120 Å². The zero-order chi connectivity index (χ0) is 19.3. The van der Waals surface area contributed by atoms with Gasteiger partial charge in [-0.2, -0.15) is 0 Å². The zero-order valence-electron chi connectivity index (χ0n) is 17.9. The summed E-state index contributed by atoms with van der Waals surface area (Å²) in [6, 6.07) is 10.7. The third-order valence-electron chi connectivity index (χ3n) is 5.48. The molecule has 0 spiro atoms. The Bertz CT molecular complexity index is 391. The molecule has 0 radical (unpaired) electrons. The molecule has 27 heavy (non-hydrogen) atoms. The van der Waals surface area contributed by atoms with Crippen LogP contribution in [0.2, 0.25) is 0 Å². The Hall–Kier alpha value is -0.860. The van der Waals surface area contributed by atoms with E-state index in [9.17, 15) is 0 Å². The molecule has 0 amide bonds. The molecular formula is C25H46N2. The molecule has 1 aromatic carbocycles. The Labute approximate surface area is 169 Å². The van der Waals surface area contributed by atoms with Crippen molar-refractivity contribution in [3.63, 3.8) is 0 Å². The summed E-state index contributed by atoms with van der Waals surface area (Å²) < 4.78 is 0. The maximum Gasteiger partial charge on any atom is 0.0205 e. The van der Waals surface area contributed by atoms with Crippen LogP contribution in [0.4, 0.5) is 0 Å². The molecule has 0 saturated heterocycles. The Morgan fingerprint density at radius 2 is 0.926 bits per heavy atom. The summed E-state index contributed by atoms with van der Waals surface area (Å²) in [4.78, 5) is 0. The molecule has 0 aliphatic heterocycles. The zero-order valence-corrected chi connectivity index (χ0v) is 17.9. The van der Waals surface area contributed by atoms with Gasteiger partial charge in [0, 0.05) is 6.54 Å². The normalized spacial score (nSPS) is 11.1. The second kappa shape index (κ2) is 19.9. The summed E-state index contributed by atoms with van der Waals surface area (Å²) in [5.41, 5.74) is 6.91. The summed E-state index contributed by atoms with van der Waals surface area (Å²) in [5, 5.41) is 3.55. The van der Waals surface area contributed by atoms with Crippen molar-refractivity contribution in [1.82, 2.24) is 5.32 Å². The fourth-order valence-electron chi connectivity index (χ4n) is 3.70. The molecule has 2 nitrogen and oxygen atoms in total. The molecule has 156 valence electrons. The topological polar surface area (TPSA) is 38.0 Å². The van der Waals surface area contributed by atoms with E-state index in [-0.39, 0.29) is 0 Å². The fraction of sp³-hybridized carbons (Fsp3) is 0.760. The minimum atomic E-state index is 0.867. The molecule has 0 aliphatic rings. The molecule has 0 saturated carbocycles. The summed E-state index contributed by atoms with van der Waals surface area (Å²) in [6.45, 7) is 3.03. The molecule has 0 aromatic heterocycles. The standard InChI is InChI=1S/C25H46N2/c26-22-18-13-11-9-7-5-3-1-2-4-6-8-10-12-14-19-23-27-24-25-20-16-15-17-21-25/h15-17,20-21,27H,1-14,18-19,22-24,26H2. The average molecular weight is 375 g/mol. The van der Waals surface area contributed by atoms with Crippen LogP contribution in [0.5, 0.6) is 0 Å². The van der Waals surface area contributed by atoms with Gasteiger partial charge in [0.25, 0.3) is 0 Å². The van der Waals surface area contributed by atoms with E-state index in [1.165, 1.54) is 108 Å². The van der Waals surface area contributed by atoms with Gasteiger partial charge in [-0.05, 0) is 31.5 Å². The van der Waals surface area contributed by atoms with E-state index >= 15 is 0 Å². The first-order valence-corrected chi connectivity index (χ1v) is 11.9. The highest BCUT2D eigenvalue weighted by Crippen LogP contribution is 2.13. The molecule has 0 fully saturated rings. The summed E-state index contributed by atoms with van der Waals surface area (Å²) in [5.74, 6) is 0. The van der Waals surface area contributed by atoms with Gasteiger partial charge >= 0.3 is 0 Å². The first-order chi connectivity index (χ1) is 13.4. The Morgan fingerprint density at radius 3 is 1.37 bits per heavy atom. The molecule has 0 aliphatic carbocycles. The van der Waals surface area contributed by atoms with E-state index in [1.54, 1.807) is 0 Å². The average Bonchev–Trinajstić information content (AvgIpc) is 2.70. The van der Waals surface area contributed by atoms with Gasteiger partial charge < -0.3 is 11.1 Å². The third kappa shape index (κ3) is 17.0. The van der Waals surface area contributed by atoms with E-state index < -0.39 is 0 Å². The minimum absolute atomic E-state index is 0.867. The van der Waals surface area contributed by atoms with Gasteiger partial charge in [0.2, 0.25) is 0 Å². The Kier molecular flexibility index (Phi) is 17.8. The smallest absolute Gasteiger partial charge is 0.0205 e. The van der Waals surface area contributed by atoms with Crippen LogP contribution in [0.15, 0.2) is 30.3 Å². The predicted molar refractivity (Wildman–Crippen MR) is 121 cm³/mol. The minimum Gasteiger partial charge on any atom is -0.330 e. The third-order valence-corrected chi connectivity index (χ3v) is 5.48. The van der Waals surface area contributed by atoms with Crippen LogP contribution in [0.1, 0.15) is 108 Å². The van der Waals surface area contributed by atoms with Crippen LogP contribution in [0.25, 0.3) is 0 Å². The lowest BCUT2D eigenvalue weighted by molar-refractivity contribution is 0.524. The van der Waals surface area contributed by atoms with E-state index in [0.29, 0.717) is 0 Å². The van der Waals surface area contributed by atoms with Crippen molar-refractivity contribution in [3.8, 4) is 0 Å². The van der Waals surface area contributed by atoms with Crippen LogP contribution < -0.4 is 11.1 Å². The van der Waals surface area contributed by atoms with Gasteiger partial charge in [0.1, 0.15) is 0 Å². The highest BCUT2D eigenvalue weighted by Gasteiger charge is 1.95. The highest BCUT2D eigenvalue weighted by molar-refractivity contribution is 5.14. The molecule has 0 atom stereocenters. The van der Waals surface area contributed by atoms with E-state index in [1.807, 2.05) is 0 Å². The lowest BCUT2D eigenvalue weighted by Crippen LogP contribution is -2.14. The number of nitrogens with one attached hydrogen (secondary N) is 1. The predicted octanol–water partition coefficient (Wildman–Crippen LogP) is 6.98. The highest BCUT2D eigenvalue weighted by atomic mass is 14.8. The number of hydrogen-bond acceptors (Lipinski definition) is 2. The number of rotatable bonds is 20. The lowest BCUT2D eigenvalue weighted by atomic mass is 10.0. The van der Waals surface area contributed by atoms with Crippen LogP contribution in [-0.4, -0.2) is 13.1 Å². The van der Waals surface area contributed by atoms with Crippen molar-refractivity contribution in [1.29, 1.82) is 0 Å². The molecule has 3 N–H and O–H groups in total. The second-order valence-corrected chi connectivity index (χ2v) is 8.11. The maximum absolute atomic E-state index is 5.52. The van der Waals surface area contributed by atoms with Crippen LogP contribution >= 0.6 is 0 Å². The van der Waals surface area contributed by atoms with Crippen LogP contribution in [0, 0.1) is 0 Å². The number of unbranched alkanes of at least 4 members (excludes halogenated alkanes) is 15. The largest absolute Gasteiger partial charge is 0.330 e. The van der Waals surface area contributed by atoms with Gasteiger partial charge in [-0.15, -0.1) is 0 Å². The Morgan fingerprint density at radius 1 is 0.519 bits per heavy atom. The molecule has 0 unspecified atom stereocenters. The Balaban J connectivity index is 1.67. The van der Waals surface area contributed by atoms with Crippen LogP contribution in [-0.2, 0) is 6.54 Å². The van der Waals surface area contributed by atoms with Crippen molar-refractivity contribution in [2.45, 2.75) is 109 Å². The van der Waals surface area contributed by atoms with E-state index in [4.69, 9.17) is 5.73 Å². The molecule has 1 aromatic rings. The first-order valence-electron chi connectivity index (χ1n) is 11.9. The van der Waals surface area contributed by atoms with E-state index in [0.717, 1.165) is 19.6 Å². The summed E-state index contributed by atoms with van der Waals surface area (Å²) >= 11 is 0. The van der Waals surface area contributed by atoms with Gasteiger partial charge in [0.15, 0.2) is 0 Å². The van der Waals surface area contributed by atoms with Crippen LogP contribution in [0.3, 0.4) is 0 Å². The maximum atomic E-state index is 5.52. The van der Waals surface area contributed by atoms with Gasteiger partial charge in [-0.3, -0.25) is 0 Å². The number of hydrogen-bond donors (Lipinski definition) is 2. The molecular weight excluding hydrogens is 328 g/mol. The lowest BCUT2D eigenvalue weighted by Gasteiger charge is -2.05. The van der Waals surface area contributed by atoms with Gasteiger partial charge in [-0.25, -0.2) is 0 Å². The summed E-state index contributed by atoms with van der Waals surface area (Å²) in [6.07, 6.45) is 22.5. The molecule has 0 bridgehead atoms. The SMILES string of the molecule is NCCCCCCCCCCCCCCCCCCNCc1ccccc1. The number of benzene rings is 1. The first kappa shape index (κ1) is 24.2. The summed E-state index contributed by atoms with van der Waals surface area (Å²) in [7, 11) is 0. The van der Waals surface area contributed by atoms with Crippen molar-refractivity contribution >= 4 is 0 Å². The fourth-order valence-corrected chi connectivity index (χ4v) is 3.70. The van der Waals surface area contributed by atoms with Crippen molar-refractivity contribution < 1.29 is 0 Å². The van der Waals surface area contributed by atoms with Crippen molar-refractivity contribution in [2.75, 3.05) is 13.1 Å². The second-order valence-electron chi connectivity index (χ2n) is 8.11. The van der Waals surface area contributed by atoms with Crippen molar-refractivity contribution in [3.05, 3.63) is 35.9 Å². The molecule has 0 heterocycles. The molecule has 1 rings (SSSR count).